The summed E-state index contributed by atoms with van der Waals surface area (Å²) in [7, 11) is 0. The predicted octanol–water partition coefficient (Wildman–Crippen LogP) is 2.14. The molecule has 3 aromatic rings. The quantitative estimate of drug-likeness (QED) is 0.804. The lowest BCUT2D eigenvalue weighted by Gasteiger charge is -2.07. The third kappa shape index (κ3) is 2.88. The highest BCUT2D eigenvalue weighted by Gasteiger charge is 2.15. The maximum Gasteiger partial charge on any atom is 0.336 e. The van der Waals surface area contributed by atoms with Gasteiger partial charge in [-0.1, -0.05) is 6.07 Å². The number of carbonyl (C=O) groups is 1. The van der Waals surface area contributed by atoms with Crippen LogP contribution in [0.5, 0.6) is 0 Å². The summed E-state index contributed by atoms with van der Waals surface area (Å²) in [5.74, 6) is 0.0378. The molecule has 0 saturated carbocycles. The summed E-state index contributed by atoms with van der Waals surface area (Å²) in [6, 6.07) is 7.17. The Kier molecular flexibility index (Phi) is 3.73. The minimum atomic E-state index is -0.452. The third-order valence-corrected chi connectivity index (χ3v) is 3.74. The lowest BCUT2D eigenvalue weighted by atomic mass is 10.1. The molecule has 1 amide bonds. The first-order valence-corrected chi connectivity index (χ1v) is 7.29. The minimum Gasteiger partial charge on any atom is -0.427 e. The summed E-state index contributed by atoms with van der Waals surface area (Å²) in [5, 5.41) is 2.82. The van der Waals surface area contributed by atoms with Gasteiger partial charge >= 0.3 is 5.63 Å². The Labute approximate surface area is 132 Å². The van der Waals surface area contributed by atoms with Crippen molar-refractivity contribution in [1.29, 1.82) is 0 Å². The summed E-state index contributed by atoms with van der Waals surface area (Å²) in [4.78, 5) is 28.1. The molecule has 6 heteroatoms. The zero-order valence-corrected chi connectivity index (χ0v) is 13.2. The lowest BCUT2D eigenvalue weighted by Crippen LogP contribution is -2.25. The maximum atomic E-state index is 12.3. The number of aromatic nitrogens is 2. The Balaban J connectivity index is 1.81. The topological polar surface area (TPSA) is 76.6 Å². The molecule has 0 aliphatic rings. The van der Waals surface area contributed by atoms with Crippen molar-refractivity contribution < 1.29 is 9.21 Å². The van der Waals surface area contributed by atoms with E-state index in [1.54, 1.807) is 13.8 Å². The average molecular weight is 311 g/mol. The van der Waals surface area contributed by atoms with Crippen molar-refractivity contribution in [2.45, 2.75) is 27.3 Å². The molecule has 0 unspecified atom stereocenters. The van der Waals surface area contributed by atoms with E-state index in [0.29, 0.717) is 23.4 Å². The van der Waals surface area contributed by atoms with E-state index in [4.69, 9.17) is 4.42 Å². The van der Waals surface area contributed by atoms with Gasteiger partial charge in [0, 0.05) is 18.0 Å². The summed E-state index contributed by atoms with van der Waals surface area (Å²) in [6.07, 6.45) is 1.90. The third-order valence-electron chi connectivity index (χ3n) is 3.74. The van der Waals surface area contributed by atoms with Crippen molar-refractivity contribution in [3.05, 3.63) is 69.2 Å². The van der Waals surface area contributed by atoms with Crippen molar-refractivity contribution in [2.75, 3.05) is 0 Å². The Morgan fingerprint density at radius 3 is 2.78 bits per heavy atom. The summed E-state index contributed by atoms with van der Waals surface area (Å²) in [5.41, 5.74) is 3.22. The van der Waals surface area contributed by atoms with Crippen LogP contribution < -0.4 is 10.9 Å². The molecular formula is C17H17N3O3. The molecule has 0 aliphatic heterocycles. The van der Waals surface area contributed by atoms with Crippen molar-refractivity contribution >= 4 is 11.6 Å². The molecule has 3 rings (SSSR count). The first kappa shape index (κ1) is 15.0. The fraction of sp³-hybridized carbons (Fsp3) is 0.235. The zero-order valence-electron chi connectivity index (χ0n) is 13.2. The largest absolute Gasteiger partial charge is 0.427 e. The van der Waals surface area contributed by atoms with Crippen LogP contribution in [0, 0.1) is 20.8 Å². The fourth-order valence-corrected chi connectivity index (χ4v) is 2.64. The van der Waals surface area contributed by atoms with Crippen molar-refractivity contribution in [3.8, 4) is 0 Å². The van der Waals surface area contributed by atoms with E-state index in [0.717, 1.165) is 17.0 Å². The monoisotopic (exact) mass is 311 g/mol. The van der Waals surface area contributed by atoms with E-state index in [2.05, 4.69) is 10.3 Å². The number of nitrogens with one attached hydrogen (secondary N) is 1. The van der Waals surface area contributed by atoms with E-state index in [9.17, 15) is 9.59 Å². The number of rotatable bonds is 3. The van der Waals surface area contributed by atoms with Crippen LogP contribution in [0.4, 0.5) is 0 Å². The minimum absolute atomic E-state index is 0.280. The summed E-state index contributed by atoms with van der Waals surface area (Å²) >= 11 is 0. The second-order valence-electron chi connectivity index (χ2n) is 5.49. The van der Waals surface area contributed by atoms with Crippen LogP contribution in [0.25, 0.3) is 5.65 Å². The smallest absolute Gasteiger partial charge is 0.336 e. The first-order valence-electron chi connectivity index (χ1n) is 7.29. The number of imidazole rings is 1. The van der Waals surface area contributed by atoms with Gasteiger partial charge in [-0.25, -0.2) is 9.78 Å². The fourth-order valence-electron chi connectivity index (χ4n) is 2.64. The van der Waals surface area contributed by atoms with Gasteiger partial charge in [-0.2, -0.15) is 0 Å². The van der Waals surface area contributed by atoms with Crippen LogP contribution in [-0.2, 0) is 6.54 Å². The van der Waals surface area contributed by atoms with Crippen LogP contribution in [-0.4, -0.2) is 15.3 Å². The molecule has 0 spiro atoms. The van der Waals surface area contributed by atoms with E-state index >= 15 is 0 Å². The molecule has 1 N–H and O–H groups in total. The number of nitrogens with zero attached hydrogens (tertiary/aromatic N) is 2. The number of amides is 1. The van der Waals surface area contributed by atoms with E-state index in [1.165, 1.54) is 6.07 Å². The Morgan fingerprint density at radius 2 is 2.09 bits per heavy atom. The van der Waals surface area contributed by atoms with Crippen molar-refractivity contribution in [1.82, 2.24) is 14.7 Å². The van der Waals surface area contributed by atoms with Gasteiger partial charge in [0.15, 0.2) is 0 Å². The van der Waals surface area contributed by atoms with Crippen molar-refractivity contribution in [2.24, 2.45) is 0 Å². The van der Waals surface area contributed by atoms with Gasteiger partial charge in [0.25, 0.3) is 5.91 Å². The number of fused-ring (bicyclic) bond motifs is 1. The van der Waals surface area contributed by atoms with Gasteiger partial charge in [-0.15, -0.1) is 0 Å². The molecule has 3 aromatic heterocycles. The zero-order chi connectivity index (χ0) is 16.6. The van der Waals surface area contributed by atoms with E-state index < -0.39 is 5.63 Å². The van der Waals surface area contributed by atoms with Gasteiger partial charge in [0.2, 0.25) is 0 Å². The number of hydrogen-bond acceptors (Lipinski definition) is 4. The standard InChI is InChI=1S/C17H17N3O3/c1-10-7-15(21)23-12(3)16(10)17(22)18-8-13-9-20-11(2)5-4-6-14(20)19-13/h4-7,9H,8H2,1-3H3,(H,18,22). The molecule has 0 aliphatic carbocycles. The molecule has 0 aromatic carbocycles. The maximum absolute atomic E-state index is 12.3. The average Bonchev–Trinajstić information content (AvgIpc) is 2.88. The predicted molar refractivity (Wildman–Crippen MR) is 85.6 cm³/mol. The van der Waals surface area contributed by atoms with Crippen LogP contribution in [0.1, 0.15) is 33.1 Å². The molecule has 0 fully saturated rings. The summed E-state index contributed by atoms with van der Waals surface area (Å²) in [6.45, 7) is 5.62. The van der Waals surface area contributed by atoms with Crippen LogP contribution in [0.2, 0.25) is 0 Å². The van der Waals surface area contributed by atoms with Crippen LogP contribution in [0.3, 0.4) is 0 Å². The van der Waals surface area contributed by atoms with Gasteiger partial charge < -0.3 is 14.1 Å². The van der Waals surface area contributed by atoms with Gasteiger partial charge in [0.1, 0.15) is 11.4 Å². The van der Waals surface area contributed by atoms with E-state index in [1.807, 2.05) is 35.7 Å². The molecule has 0 saturated heterocycles. The number of pyridine rings is 1. The second-order valence-corrected chi connectivity index (χ2v) is 5.49. The highest BCUT2D eigenvalue weighted by molar-refractivity contribution is 5.96. The van der Waals surface area contributed by atoms with Crippen molar-refractivity contribution in [3.63, 3.8) is 0 Å². The molecule has 118 valence electrons. The molecule has 3 heterocycles. The SMILES string of the molecule is Cc1cc(=O)oc(C)c1C(=O)NCc1cn2c(C)cccc2n1. The molecular weight excluding hydrogens is 294 g/mol. The Hall–Kier alpha value is -2.89. The molecule has 23 heavy (non-hydrogen) atoms. The van der Waals surface area contributed by atoms with Gasteiger partial charge in [0.05, 0.1) is 17.8 Å². The van der Waals surface area contributed by atoms with Gasteiger partial charge in [-0.05, 0) is 38.5 Å². The normalized spacial score (nSPS) is 10.9. The molecule has 0 bridgehead atoms. The van der Waals surface area contributed by atoms with Gasteiger partial charge in [-0.3, -0.25) is 4.79 Å². The molecule has 0 atom stereocenters. The highest BCUT2D eigenvalue weighted by atomic mass is 16.4. The van der Waals surface area contributed by atoms with Crippen LogP contribution >= 0.6 is 0 Å². The van der Waals surface area contributed by atoms with E-state index in [-0.39, 0.29) is 5.91 Å². The number of carbonyl (C=O) groups excluding carboxylic acids is 1. The Bertz CT molecular complexity index is 927. The number of hydrogen-bond donors (Lipinski definition) is 1. The first-order chi connectivity index (χ1) is 11.0. The Morgan fingerprint density at radius 1 is 1.30 bits per heavy atom. The van der Waals surface area contributed by atoms with Crippen LogP contribution in [0.15, 0.2) is 39.7 Å². The highest BCUT2D eigenvalue weighted by Crippen LogP contribution is 2.12. The number of aryl methyl sites for hydroxylation is 3. The summed E-state index contributed by atoms with van der Waals surface area (Å²) < 4.78 is 6.96. The molecule has 6 nitrogen and oxygen atoms in total. The molecule has 0 radical (unpaired) electrons. The lowest BCUT2D eigenvalue weighted by molar-refractivity contribution is 0.0946. The second kappa shape index (κ2) is 5.72.